The number of likely N-dealkylation sites (N-methyl/N-ethyl adjacent to an activating group) is 1. The first-order valence-corrected chi connectivity index (χ1v) is 26.2. The molecule has 11 rings (SSSR count). The van der Waals surface area contributed by atoms with Crippen LogP contribution in [0, 0.1) is 35.0 Å². The summed E-state index contributed by atoms with van der Waals surface area (Å²) in [4.78, 5) is 50.6. The van der Waals surface area contributed by atoms with Gasteiger partial charge in [0.2, 0.25) is 5.78 Å². The van der Waals surface area contributed by atoms with Crippen molar-refractivity contribution < 1.29 is 23.9 Å². The molecule has 1 aromatic rings. The molecule has 2 fully saturated rings. The van der Waals surface area contributed by atoms with E-state index < -0.39 is 23.0 Å². The minimum Gasteiger partial charge on any atom is -0.463 e. The molecule has 0 radical (unpaired) electrons. The first-order valence-electron chi connectivity index (χ1n) is 26.2. The SMILES string of the molecule is CCN[C@H]1C=C2C=CC[C@H]3[C@@H]4CCC[C@](C)(CC5=CNC(N)C=C5)Cc5cccc6c5C(=O)[C@]5(O[C@@]5(C/C=C(\C)C[C@@H](NC(N)=NC)C5=CCNC7=C5CC[C@H](NC)N7)C6=O)C(=O)OC[C@H]1[C@H](CC4)[C@H]23. The molecule has 14 heteroatoms. The Labute approximate surface area is 413 Å². The summed E-state index contributed by atoms with van der Waals surface area (Å²) in [7, 11) is 3.62. The predicted molar refractivity (Wildman–Crippen MR) is 273 cm³/mol. The number of carbonyl (C=O) groups is 3. The van der Waals surface area contributed by atoms with Gasteiger partial charge in [0.1, 0.15) is 5.82 Å². The Morgan fingerprint density at radius 3 is 2.73 bits per heavy atom. The highest BCUT2D eigenvalue weighted by atomic mass is 16.7. The summed E-state index contributed by atoms with van der Waals surface area (Å²) in [5.74, 6) is 1.52. The minimum atomic E-state index is -2.12. The largest absolute Gasteiger partial charge is 0.463 e. The Kier molecular flexibility index (Phi) is 13.4. The first kappa shape index (κ1) is 48.4. The van der Waals surface area contributed by atoms with Crippen LogP contribution in [0.4, 0.5) is 0 Å². The first-order chi connectivity index (χ1) is 33.8. The Hall–Kier alpha value is -5.28. The van der Waals surface area contributed by atoms with E-state index in [1.807, 2.05) is 44.5 Å². The molecule has 374 valence electrons. The number of fused-ring (bicyclic) bond motifs is 7. The molecular weight excluding hydrogens is 879 g/mol. The van der Waals surface area contributed by atoms with Crippen molar-refractivity contribution in [2.75, 3.05) is 33.8 Å². The number of nitrogens with one attached hydrogen (secondary N) is 6. The average Bonchev–Trinajstić information content (AvgIpc) is 4.07. The van der Waals surface area contributed by atoms with E-state index in [0.29, 0.717) is 54.6 Å². The lowest BCUT2D eigenvalue weighted by molar-refractivity contribution is -0.151. The molecule has 1 saturated heterocycles. The number of rotatable bonds is 11. The lowest BCUT2D eigenvalue weighted by Crippen LogP contribution is -2.53. The number of aliphatic imine (C=N–C) groups is 1. The van der Waals surface area contributed by atoms with E-state index in [-0.39, 0.29) is 60.1 Å². The highest BCUT2D eigenvalue weighted by Crippen LogP contribution is 2.60. The van der Waals surface area contributed by atoms with Crippen molar-refractivity contribution in [1.82, 2.24) is 31.9 Å². The molecule has 1 spiro atoms. The van der Waals surface area contributed by atoms with E-state index >= 15 is 14.4 Å². The van der Waals surface area contributed by atoms with Gasteiger partial charge in [0.15, 0.2) is 17.3 Å². The fourth-order valence-corrected chi connectivity index (χ4v) is 14.1. The number of ketones is 2. The normalized spacial score (nSPS) is 36.2. The summed E-state index contributed by atoms with van der Waals surface area (Å²) in [6.07, 6.45) is 27.3. The number of nitrogens with two attached hydrogens (primary N) is 2. The molecule has 6 bridgehead atoms. The molecule has 14 nitrogen and oxygen atoms in total. The molecular formula is C56H75N9O5. The summed E-state index contributed by atoms with van der Waals surface area (Å²) in [6.45, 7) is 7.99. The third-order valence-electron chi connectivity index (χ3n) is 17.6. The van der Waals surface area contributed by atoms with E-state index in [0.717, 1.165) is 92.4 Å². The summed E-state index contributed by atoms with van der Waals surface area (Å²) in [6, 6.07) is 5.36. The second-order valence-electron chi connectivity index (χ2n) is 22.0. The Morgan fingerprint density at radius 2 is 1.94 bits per heavy atom. The van der Waals surface area contributed by atoms with Crippen LogP contribution in [-0.4, -0.2) is 92.9 Å². The number of guanidine groups is 1. The van der Waals surface area contributed by atoms with Gasteiger partial charge in [-0.3, -0.25) is 14.6 Å². The number of allylic oxidation sites excluding steroid dienone is 5. The van der Waals surface area contributed by atoms with Crippen LogP contribution in [0.5, 0.6) is 0 Å². The second kappa shape index (κ2) is 19.4. The van der Waals surface area contributed by atoms with Crippen LogP contribution in [0.2, 0.25) is 0 Å². The lowest BCUT2D eigenvalue weighted by Gasteiger charge is -2.52. The molecule has 0 aromatic heterocycles. The number of ether oxygens (including phenoxy) is 2. The van der Waals surface area contributed by atoms with Gasteiger partial charge in [-0.05, 0) is 141 Å². The van der Waals surface area contributed by atoms with Crippen LogP contribution in [-0.2, 0) is 20.7 Å². The van der Waals surface area contributed by atoms with Crippen molar-refractivity contribution in [2.24, 2.45) is 51.5 Å². The molecule has 10 N–H and O–H groups in total. The van der Waals surface area contributed by atoms with Gasteiger partial charge in [-0.25, -0.2) is 4.79 Å². The van der Waals surface area contributed by atoms with Gasteiger partial charge in [-0.2, -0.15) is 0 Å². The van der Waals surface area contributed by atoms with Crippen LogP contribution in [0.15, 0.2) is 106 Å². The molecule has 0 amide bonds. The summed E-state index contributed by atoms with van der Waals surface area (Å²) < 4.78 is 13.1. The average molecular weight is 954 g/mol. The van der Waals surface area contributed by atoms with E-state index in [9.17, 15) is 0 Å². The Morgan fingerprint density at radius 1 is 1.09 bits per heavy atom. The summed E-state index contributed by atoms with van der Waals surface area (Å²) in [5.41, 5.74) is 15.5. The predicted octanol–water partition coefficient (Wildman–Crippen LogP) is 5.62. The fourth-order valence-electron chi connectivity index (χ4n) is 14.1. The standard InChI is InChI=1S/C56H75N9O5/c1-6-61-43-27-35-10-7-13-37-34-12-9-23-54(3,28-33-15-19-45(57)63-30-33)29-36-11-8-14-41-48(36)50(67)56(52(68)69-31-42(43)39(17-16-34)47(35)37)55(70-56,49(41)66)24-21-32(2)26-44(64-53(58)60-5)38-22-25-62-51-40(38)18-20-46(59-4)65-51/h7-8,10-11,14-15,19,21-22,27,30,34,37,39,42-47,59,61-63,65H,6,9,12-13,16-18,20,23-26,28-29,31,57H2,1-5H3,(H3,58,60,64)/b32-21+/t34-,37+,39+,42+,43+,44-,45?,46-,47-,54-,55+,56+/m1/s1. The number of hydrogen-bond acceptors (Lipinski definition) is 12. The van der Waals surface area contributed by atoms with Crippen LogP contribution < -0.4 is 43.4 Å². The summed E-state index contributed by atoms with van der Waals surface area (Å²) in [5, 5.41) is 20.9. The number of Topliss-reactive ketones (excluding diaryl/α,β-unsaturated/α-hetero) is 2. The smallest absolute Gasteiger partial charge is 0.350 e. The van der Waals surface area contributed by atoms with Crippen molar-refractivity contribution in [3.8, 4) is 0 Å². The van der Waals surface area contributed by atoms with Gasteiger partial charge in [-0.1, -0.05) is 86.9 Å². The van der Waals surface area contributed by atoms with E-state index in [4.69, 9.17) is 20.9 Å². The molecule has 6 aliphatic heterocycles. The second-order valence-corrected chi connectivity index (χ2v) is 22.0. The van der Waals surface area contributed by atoms with E-state index in [1.54, 1.807) is 13.1 Å². The van der Waals surface area contributed by atoms with Gasteiger partial charge < -0.3 is 52.8 Å². The number of benzene rings is 1. The number of epoxide rings is 1. The number of carbonyl (C=O) groups excluding carboxylic acids is 3. The molecule has 1 unspecified atom stereocenters. The fraction of sp³-hybridized carbons (Fsp3) is 0.571. The quantitative estimate of drug-likeness (QED) is 0.0339. The zero-order chi connectivity index (χ0) is 49.0. The third kappa shape index (κ3) is 8.60. The molecule has 10 aliphatic rings. The highest BCUT2D eigenvalue weighted by molar-refractivity contribution is 6.33. The zero-order valence-electron chi connectivity index (χ0n) is 41.8. The van der Waals surface area contributed by atoms with Gasteiger partial charge in [0.05, 0.1) is 25.0 Å². The monoisotopic (exact) mass is 954 g/mol. The molecule has 4 aliphatic carbocycles. The van der Waals surface area contributed by atoms with Crippen LogP contribution in [0.1, 0.15) is 118 Å². The van der Waals surface area contributed by atoms with Gasteiger partial charge in [0, 0.05) is 49.3 Å². The van der Waals surface area contributed by atoms with Gasteiger partial charge in [0.25, 0.3) is 5.60 Å². The van der Waals surface area contributed by atoms with Crippen LogP contribution in [0.3, 0.4) is 0 Å². The molecule has 1 aromatic carbocycles. The van der Waals surface area contributed by atoms with Crippen molar-refractivity contribution in [1.29, 1.82) is 0 Å². The Bertz CT molecular complexity index is 2540. The van der Waals surface area contributed by atoms with Crippen molar-refractivity contribution in [2.45, 2.75) is 133 Å². The minimum absolute atomic E-state index is 0.000922. The van der Waals surface area contributed by atoms with E-state index in [1.165, 1.54) is 11.1 Å². The maximum atomic E-state index is 15.7. The maximum Gasteiger partial charge on any atom is 0.350 e. The van der Waals surface area contributed by atoms with Gasteiger partial charge in [-0.15, -0.1) is 0 Å². The lowest BCUT2D eigenvalue weighted by atomic mass is 9.54. The number of hydrogen-bond donors (Lipinski definition) is 8. The maximum absolute atomic E-state index is 15.7. The Balaban J connectivity index is 1.02. The number of dihydropyridines is 2. The van der Waals surface area contributed by atoms with Crippen LogP contribution >= 0.6 is 0 Å². The topological polar surface area (TPSA) is 210 Å². The molecule has 70 heavy (non-hydrogen) atoms. The van der Waals surface area contributed by atoms with Crippen molar-refractivity contribution in [3.05, 3.63) is 117 Å². The van der Waals surface area contributed by atoms with Crippen LogP contribution in [0.25, 0.3) is 0 Å². The molecule has 12 atom stereocenters. The van der Waals surface area contributed by atoms with Crippen molar-refractivity contribution in [3.63, 3.8) is 0 Å². The van der Waals surface area contributed by atoms with Crippen molar-refractivity contribution >= 4 is 23.5 Å². The number of esters is 1. The highest BCUT2D eigenvalue weighted by Gasteiger charge is 2.85. The van der Waals surface area contributed by atoms with Gasteiger partial charge >= 0.3 is 5.97 Å². The molecule has 1 saturated carbocycles. The molecule has 6 heterocycles. The summed E-state index contributed by atoms with van der Waals surface area (Å²) >= 11 is 0. The number of nitrogens with zero attached hydrogens (tertiary/aromatic N) is 1. The third-order valence-corrected chi connectivity index (χ3v) is 17.6. The van der Waals surface area contributed by atoms with E-state index in [2.05, 4.69) is 81.1 Å². The zero-order valence-corrected chi connectivity index (χ0v) is 41.8.